The number of ketones is 1. The van der Waals surface area contributed by atoms with E-state index in [0.29, 0.717) is 17.9 Å². The lowest BCUT2D eigenvalue weighted by atomic mass is 9.90. The van der Waals surface area contributed by atoms with Gasteiger partial charge in [-0.25, -0.2) is 8.42 Å². The maximum Gasteiger partial charge on any atom is 0.243 e. The molecule has 0 saturated carbocycles. The summed E-state index contributed by atoms with van der Waals surface area (Å²) < 4.78 is 32.3. The number of hydrogen-bond acceptors (Lipinski definition) is 4. The summed E-state index contributed by atoms with van der Waals surface area (Å²) >= 11 is 0. The van der Waals surface area contributed by atoms with E-state index < -0.39 is 10.0 Å². The molecule has 0 amide bonds. The second-order valence-corrected chi connectivity index (χ2v) is 8.75. The molecule has 0 N–H and O–H groups in total. The molecule has 2 aromatic rings. The molecule has 0 aliphatic carbocycles. The second kappa shape index (κ2) is 7.21. The quantitative estimate of drug-likeness (QED) is 0.756. The van der Waals surface area contributed by atoms with E-state index >= 15 is 0 Å². The molecule has 0 spiro atoms. The topological polar surface area (TPSA) is 63.7 Å². The van der Waals surface area contributed by atoms with Crippen molar-refractivity contribution >= 4 is 15.8 Å². The maximum absolute atomic E-state index is 12.9. The molecule has 1 fully saturated rings. The minimum atomic E-state index is -3.59. The van der Waals surface area contributed by atoms with Gasteiger partial charge in [-0.1, -0.05) is 24.6 Å². The average molecular weight is 373 g/mol. The number of methoxy groups -OCH3 is 1. The van der Waals surface area contributed by atoms with Gasteiger partial charge in [0.05, 0.1) is 12.0 Å². The summed E-state index contributed by atoms with van der Waals surface area (Å²) in [5, 5.41) is 0. The number of hydrogen-bond donors (Lipinski definition) is 0. The van der Waals surface area contributed by atoms with Crippen LogP contribution in [0.2, 0.25) is 0 Å². The zero-order valence-corrected chi connectivity index (χ0v) is 16.0. The van der Waals surface area contributed by atoms with E-state index in [1.54, 1.807) is 55.6 Å². The number of ether oxygens (including phenoxy) is 1. The van der Waals surface area contributed by atoms with E-state index in [2.05, 4.69) is 0 Å². The number of benzene rings is 2. The fourth-order valence-corrected chi connectivity index (χ4v) is 4.85. The number of aryl methyl sites for hydroxylation is 1. The SMILES string of the molecule is COc1ccc(C(=O)[C@@H]2CN(S(=O)(=O)c3ccc(C)cc3)C[C@H]2C)cc1. The van der Waals surface area contributed by atoms with Crippen LogP contribution < -0.4 is 4.74 Å². The Kier molecular flexibility index (Phi) is 5.16. The van der Waals surface area contributed by atoms with Gasteiger partial charge in [-0.3, -0.25) is 4.79 Å². The Balaban J connectivity index is 1.80. The minimum absolute atomic E-state index is 0.0261. The maximum atomic E-state index is 12.9. The third-order valence-corrected chi connectivity index (χ3v) is 6.79. The smallest absolute Gasteiger partial charge is 0.243 e. The fourth-order valence-electron chi connectivity index (χ4n) is 3.29. The monoisotopic (exact) mass is 373 g/mol. The molecule has 6 heteroatoms. The van der Waals surface area contributed by atoms with Crippen molar-refractivity contribution in [3.63, 3.8) is 0 Å². The van der Waals surface area contributed by atoms with Crippen molar-refractivity contribution in [2.75, 3.05) is 20.2 Å². The Bertz CT molecular complexity index is 888. The summed E-state index contributed by atoms with van der Waals surface area (Å²) in [6.45, 7) is 4.40. The molecule has 1 heterocycles. The highest BCUT2D eigenvalue weighted by molar-refractivity contribution is 7.89. The van der Waals surface area contributed by atoms with Gasteiger partial charge in [0.15, 0.2) is 5.78 Å². The second-order valence-electron chi connectivity index (χ2n) is 6.81. The molecule has 1 saturated heterocycles. The molecule has 2 atom stereocenters. The van der Waals surface area contributed by atoms with E-state index in [4.69, 9.17) is 4.74 Å². The summed E-state index contributed by atoms with van der Waals surface area (Å²) in [5.41, 5.74) is 1.59. The number of nitrogens with zero attached hydrogens (tertiary/aromatic N) is 1. The lowest BCUT2D eigenvalue weighted by Crippen LogP contribution is -2.30. The molecular formula is C20H23NO4S. The van der Waals surface area contributed by atoms with Crippen LogP contribution in [0.5, 0.6) is 5.75 Å². The number of sulfonamides is 1. The lowest BCUT2D eigenvalue weighted by Gasteiger charge is -2.16. The Morgan fingerprint density at radius 3 is 2.23 bits per heavy atom. The lowest BCUT2D eigenvalue weighted by molar-refractivity contribution is 0.0906. The molecule has 5 nitrogen and oxygen atoms in total. The van der Waals surface area contributed by atoms with Crippen molar-refractivity contribution in [2.45, 2.75) is 18.7 Å². The molecule has 26 heavy (non-hydrogen) atoms. The van der Waals surface area contributed by atoms with Crippen molar-refractivity contribution in [3.8, 4) is 5.75 Å². The first kappa shape index (κ1) is 18.6. The summed E-state index contributed by atoms with van der Waals surface area (Å²) in [7, 11) is -2.01. The predicted molar refractivity (Wildman–Crippen MR) is 99.9 cm³/mol. The average Bonchev–Trinajstić information content (AvgIpc) is 3.04. The van der Waals surface area contributed by atoms with E-state index in [1.165, 1.54) is 4.31 Å². The van der Waals surface area contributed by atoms with Gasteiger partial charge >= 0.3 is 0 Å². The van der Waals surface area contributed by atoms with Gasteiger partial charge in [-0.15, -0.1) is 0 Å². The molecule has 0 radical (unpaired) electrons. The van der Waals surface area contributed by atoms with Gasteiger partial charge < -0.3 is 4.74 Å². The van der Waals surface area contributed by atoms with Gasteiger partial charge in [0.1, 0.15) is 5.75 Å². The molecule has 0 aromatic heterocycles. The van der Waals surface area contributed by atoms with Crippen LogP contribution in [-0.4, -0.2) is 38.7 Å². The van der Waals surface area contributed by atoms with Gasteiger partial charge in [0.2, 0.25) is 10.0 Å². The molecular weight excluding hydrogens is 350 g/mol. The normalized spacial score (nSPS) is 20.9. The van der Waals surface area contributed by atoms with Gasteiger partial charge in [-0.05, 0) is 49.2 Å². The van der Waals surface area contributed by atoms with Crippen LogP contribution >= 0.6 is 0 Å². The van der Waals surface area contributed by atoms with Crippen LogP contribution in [-0.2, 0) is 10.0 Å². The first-order valence-corrected chi connectivity index (χ1v) is 10.0. The molecule has 2 aromatic carbocycles. The largest absolute Gasteiger partial charge is 0.497 e. The third kappa shape index (κ3) is 3.52. The Labute approximate surface area is 154 Å². The zero-order valence-electron chi connectivity index (χ0n) is 15.2. The Morgan fingerprint density at radius 2 is 1.65 bits per heavy atom. The van der Waals surface area contributed by atoms with Crippen LogP contribution in [0, 0.1) is 18.8 Å². The molecule has 3 rings (SSSR count). The van der Waals surface area contributed by atoms with Crippen LogP contribution in [0.15, 0.2) is 53.4 Å². The standard InChI is InChI=1S/C20H23NO4S/c1-14-4-10-18(11-5-14)26(23,24)21-12-15(2)19(13-21)20(22)16-6-8-17(25-3)9-7-16/h4-11,15,19H,12-13H2,1-3H3/t15-,19-/m1/s1. The summed E-state index contributed by atoms with van der Waals surface area (Å²) in [4.78, 5) is 13.1. The van der Waals surface area contributed by atoms with Crippen molar-refractivity contribution < 1.29 is 17.9 Å². The highest BCUT2D eigenvalue weighted by Gasteiger charge is 2.40. The van der Waals surface area contributed by atoms with Crippen molar-refractivity contribution in [3.05, 3.63) is 59.7 Å². The van der Waals surface area contributed by atoms with Crippen LogP contribution in [0.3, 0.4) is 0 Å². The predicted octanol–water partition coefficient (Wildman–Crippen LogP) is 3.14. The number of carbonyl (C=O) groups excluding carboxylic acids is 1. The van der Waals surface area contributed by atoms with E-state index in [1.807, 2.05) is 13.8 Å². The van der Waals surface area contributed by atoms with E-state index in [-0.39, 0.29) is 29.1 Å². The third-order valence-electron chi connectivity index (χ3n) is 4.95. The van der Waals surface area contributed by atoms with Gasteiger partial charge in [0.25, 0.3) is 0 Å². The highest BCUT2D eigenvalue weighted by Crippen LogP contribution is 2.31. The number of Topliss-reactive ketones (excluding diaryl/α,β-unsaturated/α-hetero) is 1. The molecule has 0 unspecified atom stereocenters. The summed E-state index contributed by atoms with van der Waals surface area (Å²) in [6.07, 6.45) is 0. The Hall–Kier alpha value is -2.18. The van der Waals surface area contributed by atoms with Gasteiger partial charge in [0, 0.05) is 24.6 Å². The Morgan fingerprint density at radius 1 is 1.04 bits per heavy atom. The van der Waals surface area contributed by atoms with E-state index in [0.717, 1.165) is 5.56 Å². The molecule has 138 valence electrons. The van der Waals surface area contributed by atoms with Crippen molar-refractivity contribution in [1.82, 2.24) is 4.31 Å². The summed E-state index contributed by atoms with van der Waals surface area (Å²) in [5.74, 6) is 0.278. The number of carbonyl (C=O) groups is 1. The van der Waals surface area contributed by atoms with Crippen molar-refractivity contribution in [1.29, 1.82) is 0 Å². The van der Waals surface area contributed by atoms with Crippen molar-refractivity contribution in [2.24, 2.45) is 11.8 Å². The molecule has 1 aliphatic heterocycles. The highest BCUT2D eigenvalue weighted by atomic mass is 32.2. The molecule has 1 aliphatic rings. The van der Waals surface area contributed by atoms with Gasteiger partial charge in [-0.2, -0.15) is 4.31 Å². The fraction of sp³-hybridized carbons (Fsp3) is 0.350. The van der Waals surface area contributed by atoms with Crippen LogP contribution in [0.1, 0.15) is 22.8 Å². The van der Waals surface area contributed by atoms with Crippen LogP contribution in [0.4, 0.5) is 0 Å². The first-order chi connectivity index (χ1) is 12.3. The zero-order chi connectivity index (χ0) is 18.9. The van der Waals surface area contributed by atoms with Crippen LogP contribution in [0.25, 0.3) is 0 Å². The first-order valence-electron chi connectivity index (χ1n) is 8.58. The molecule has 0 bridgehead atoms. The summed E-state index contributed by atoms with van der Waals surface area (Å²) in [6, 6.07) is 13.7. The number of rotatable bonds is 5. The minimum Gasteiger partial charge on any atom is -0.497 e. The van der Waals surface area contributed by atoms with E-state index in [9.17, 15) is 13.2 Å².